The Hall–Kier alpha value is -0.870. The summed E-state index contributed by atoms with van der Waals surface area (Å²) in [5.74, 6) is 0.702. The minimum Gasteiger partial charge on any atom is -0.441 e. The van der Waals surface area contributed by atoms with Crippen molar-refractivity contribution in [3.63, 3.8) is 0 Å². The highest BCUT2D eigenvalue weighted by atomic mass is 79.9. The fourth-order valence-electron chi connectivity index (χ4n) is 1.59. The summed E-state index contributed by atoms with van der Waals surface area (Å²) in [6.45, 7) is 2.56. The summed E-state index contributed by atoms with van der Waals surface area (Å²) < 4.78 is 6.56. The number of nitrogens with two attached hydrogens (primary N) is 1. The first-order valence-corrected chi connectivity index (χ1v) is 5.75. The molecule has 0 amide bonds. The van der Waals surface area contributed by atoms with E-state index in [2.05, 4.69) is 20.9 Å². The highest BCUT2D eigenvalue weighted by Crippen LogP contribution is 2.25. The monoisotopic (exact) mass is 268 g/mol. The minimum absolute atomic E-state index is 0.702. The summed E-state index contributed by atoms with van der Waals surface area (Å²) in [7, 11) is 0. The fraction of sp³-hybridized carbons (Fsp3) is 0.364. The van der Waals surface area contributed by atoms with Crippen molar-refractivity contribution in [3.8, 4) is 0 Å². The van der Waals surface area contributed by atoms with Crippen LogP contribution in [0.4, 0.5) is 0 Å². The van der Waals surface area contributed by atoms with E-state index in [4.69, 9.17) is 10.2 Å². The molecule has 0 bridgehead atoms. The van der Waals surface area contributed by atoms with Crippen LogP contribution in [-0.4, -0.2) is 11.5 Å². The second-order valence-corrected chi connectivity index (χ2v) is 4.39. The zero-order valence-corrected chi connectivity index (χ0v) is 10.2. The molecule has 0 aliphatic heterocycles. The highest BCUT2D eigenvalue weighted by Gasteiger charge is 2.07. The number of rotatable bonds is 3. The molecular weight excluding hydrogens is 256 g/mol. The summed E-state index contributed by atoms with van der Waals surface area (Å²) in [4.78, 5) is 4.27. The number of halogens is 1. The van der Waals surface area contributed by atoms with Gasteiger partial charge < -0.3 is 10.2 Å². The number of nitrogens with zero attached hydrogens (tertiary/aromatic N) is 1. The van der Waals surface area contributed by atoms with Crippen LogP contribution < -0.4 is 5.73 Å². The number of aryl methyl sites for hydroxylation is 2. The molecule has 15 heavy (non-hydrogen) atoms. The first-order valence-electron chi connectivity index (χ1n) is 4.96. The molecule has 0 radical (unpaired) electrons. The Labute approximate surface area is 96.8 Å². The van der Waals surface area contributed by atoms with Gasteiger partial charge in [-0.2, -0.15) is 0 Å². The molecule has 1 aromatic carbocycles. The van der Waals surface area contributed by atoms with Gasteiger partial charge in [-0.3, -0.25) is 0 Å². The van der Waals surface area contributed by atoms with Gasteiger partial charge in [-0.25, -0.2) is 4.98 Å². The van der Waals surface area contributed by atoms with Gasteiger partial charge in [0.1, 0.15) is 5.52 Å². The van der Waals surface area contributed by atoms with E-state index in [9.17, 15) is 0 Å². The lowest BCUT2D eigenvalue weighted by Gasteiger charge is -2.02. The van der Waals surface area contributed by atoms with Crippen LogP contribution in [0, 0.1) is 6.92 Å². The lowest BCUT2D eigenvalue weighted by atomic mass is 10.1. The molecule has 80 valence electrons. The predicted molar refractivity (Wildman–Crippen MR) is 63.8 cm³/mol. The van der Waals surface area contributed by atoms with Crippen LogP contribution in [0.2, 0.25) is 0 Å². The Kier molecular flexibility index (Phi) is 3.07. The molecule has 1 aromatic heterocycles. The van der Waals surface area contributed by atoms with E-state index in [-0.39, 0.29) is 0 Å². The third-order valence-corrected chi connectivity index (χ3v) is 3.05. The highest BCUT2D eigenvalue weighted by molar-refractivity contribution is 9.10. The van der Waals surface area contributed by atoms with E-state index < -0.39 is 0 Å². The van der Waals surface area contributed by atoms with Crippen LogP contribution in [-0.2, 0) is 6.42 Å². The molecule has 0 spiro atoms. The van der Waals surface area contributed by atoms with Crippen molar-refractivity contribution >= 4 is 27.0 Å². The second kappa shape index (κ2) is 4.33. The van der Waals surface area contributed by atoms with E-state index in [1.165, 1.54) is 5.56 Å². The van der Waals surface area contributed by atoms with Gasteiger partial charge in [0.05, 0.1) is 0 Å². The average molecular weight is 269 g/mol. The van der Waals surface area contributed by atoms with Gasteiger partial charge in [0.25, 0.3) is 0 Å². The molecule has 4 heteroatoms. The van der Waals surface area contributed by atoms with Crippen molar-refractivity contribution in [1.82, 2.24) is 4.98 Å². The molecule has 0 fully saturated rings. The Balaban J connectivity index is 2.42. The van der Waals surface area contributed by atoms with Gasteiger partial charge in [-0.1, -0.05) is 15.9 Å². The minimum atomic E-state index is 0.702. The molecule has 0 aliphatic carbocycles. The molecule has 0 unspecified atom stereocenters. The third-order valence-electron chi connectivity index (χ3n) is 2.31. The SMILES string of the molecule is Cc1nc2cc(Br)c(CCCN)cc2o1. The maximum atomic E-state index is 5.49. The number of hydrogen-bond acceptors (Lipinski definition) is 3. The molecule has 0 aliphatic rings. The van der Waals surface area contributed by atoms with Gasteiger partial charge in [-0.15, -0.1) is 0 Å². The summed E-state index contributed by atoms with van der Waals surface area (Å²) >= 11 is 3.53. The zero-order chi connectivity index (χ0) is 10.8. The summed E-state index contributed by atoms with van der Waals surface area (Å²) in [6, 6.07) is 4.03. The molecule has 1 heterocycles. The van der Waals surface area contributed by atoms with Crippen molar-refractivity contribution in [2.75, 3.05) is 6.54 Å². The quantitative estimate of drug-likeness (QED) is 0.932. The summed E-state index contributed by atoms with van der Waals surface area (Å²) in [5.41, 5.74) is 8.47. The van der Waals surface area contributed by atoms with Crippen molar-refractivity contribution in [2.24, 2.45) is 5.73 Å². The number of oxazole rings is 1. The second-order valence-electron chi connectivity index (χ2n) is 3.54. The first kappa shape index (κ1) is 10.6. The van der Waals surface area contributed by atoms with Gasteiger partial charge in [-0.05, 0) is 37.1 Å². The lowest BCUT2D eigenvalue weighted by Crippen LogP contribution is -2.00. The molecule has 2 N–H and O–H groups in total. The molecule has 0 atom stereocenters. The van der Waals surface area contributed by atoms with Gasteiger partial charge in [0.2, 0.25) is 0 Å². The van der Waals surface area contributed by atoms with E-state index in [0.29, 0.717) is 12.4 Å². The van der Waals surface area contributed by atoms with E-state index >= 15 is 0 Å². The molecule has 2 rings (SSSR count). The van der Waals surface area contributed by atoms with Crippen molar-refractivity contribution in [3.05, 3.63) is 28.1 Å². The van der Waals surface area contributed by atoms with Crippen molar-refractivity contribution < 1.29 is 4.42 Å². The van der Waals surface area contributed by atoms with Gasteiger partial charge in [0.15, 0.2) is 11.5 Å². The normalized spacial score (nSPS) is 11.1. The number of benzene rings is 1. The molecular formula is C11H13BrN2O. The fourth-order valence-corrected chi connectivity index (χ4v) is 2.12. The molecule has 0 saturated carbocycles. The van der Waals surface area contributed by atoms with E-state index in [1.807, 2.05) is 19.1 Å². The van der Waals surface area contributed by atoms with Crippen LogP contribution >= 0.6 is 15.9 Å². The maximum absolute atomic E-state index is 5.49. The van der Waals surface area contributed by atoms with Crippen LogP contribution in [0.3, 0.4) is 0 Å². The summed E-state index contributed by atoms with van der Waals surface area (Å²) in [6.07, 6.45) is 1.95. The smallest absolute Gasteiger partial charge is 0.192 e. The maximum Gasteiger partial charge on any atom is 0.192 e. The van der Waals surface area contributed by atoms with Crippen LogP contribution in [0.1, 0.15) is 17.9 Å². The van der Waals surface area contributed by atoms with Crippen LogP contribution in [0.5, 0.6) is 0 Å². The summed E-state index contributed by atoms with van der Waals surface area (Å²) in [5, 5.41) is 0. The van der Waals surface area contributed by atoms with E-state index in [1.54, 1.807) is 0 Å². The number of aromatic nitrogens is 1. The van der Waals surface area contributed by atoms with Crippen molar-refractivity contribution in [2.45, 2.75) is 19.8 Å². The lowest BCUT2D eigenvalue weighted by molar-refractivity contribution is 0.560. The standard InChI is InChI=1S/C11H13BrN2O/c1-7-14-10-6-9(12)8(3-2-4-13)5-11(10)15-7/h5-6H,2-4,13H2,1H3. The Bertz CT molecular complexity index is 479. The zero-order valence-electron chi connectivity index (χ0n) is 8.59. The Morgan fingerprint density at radius 1 is 1.47 bits per heavy atom. The third kappa shape index (κ3) is 2.21. The van der Waals surface area contributed by atoms with Crippen LogP contribution in [0.25, 0.3) is 11.1 Å². The largest absolute Gasteiger partial charge is 0.441 e. The first-order chi connectivity index (χ1) is 7.20. The topological polar surface area (TPSA) is 52.0 Å². The van der Waals surface area contributed by atoms with Gasteiger partial charge in [0, 0.05) is 11.4 Å². The number of fused-ring (bicyclic) bond motifs is 1. The number of hydrogen-bond donors (Lipinski definition) is 1. The Morgan fingerprint density at radius 2 is 2.27 bits per heavy atom. The van der Waals surface area contributed by atoms with Crippen LogP contribution in [0.15, 0.2) is 21.0 Å². The molecule has 2 aromatic rings. The molecule has 3 nitrogen and oxygen atoms in total. The predicted octanol–water partition coefficient (Wildman–Crippen LogP) is 2.79. The Morgan fingerprint density at radius 3 is 3.00 bits per heavy atom. The average Bonchev–Trinajstić information content (AvgIpc) is 2.53. The van der Waals surface area contributed by atoms with Gasteiger partial charge >= 0.3 is 0 Å². The van der Waals surface area contributed by atoms with E-state index in [0.717, 1.165) is 28.4 Å². The molecule has 0 saturated heterocycles. The van der Waals surface area contributed by atoms with Crippen molar-refractivity contribution in [1.29, 1.82) is 0 Å².